The van der Waals surface area contributed by atoms with Crippen LogP contribution < -0.4 is 5.32 Å². The fraction of sp³-hybridized carbons (Fsp3) is 0.857. The number of amides is 1. The van der Waals surface area contributed by atoms with Gasteiger partial charge in [-0.2, -0.15) is 0 Å². The molecule has 0 bridgehead atoms. The van der Waals surface area contributed by atoms with Crippen molar-refractivity contribution in [2.45, 2.75) is 38.5 Å². The van der Waals surface area contributed by atoms with Crippen LogP contribution in [0.4, 0.5) is 4.79 Å². The highest BCUT2D eigenvalue weighted by atomic mass is 16.6. The van der Waals surface area contributed by atoms with Crippen LogP contribution in [0.25, 0.3) is 0 Å². The van der Waals surface area contributed by atoms with E-state index in [1.807, 2.05) is 20.8 Å². The first-order chi connectivity index (χ1) is 9.81. The Hall–Kier alpha value is -1.34. The fourth-order valence-electron chi connectivity index (χ4n) is 2.58. The number of hydrogen-bond acceptors (Lipinski definition) is 6. The summed E-state index contributed by atoms with van der Waals surface area (Å²) >= 11 is 0. The molecule has 2 fully saturated rings. The second-order valence-corrected chi connectivity index (χ2v) is 6.52. The quantitative estimate of drug-likeness (QED) is 0.727. The molecule has 0 aromatic rings. The summed E-state index contributed by atoms with van der Waals surface area (Å²) in [5, 5.41) is 3.20. The van der Waals surface area contributed by atoms with E-state index in [0.29, 0.717) is 25.7 Å². The molecule has 1 amide bonds. The van der Waals surface area contributed by atoms with Crippen LogP contribution in [0.15, 0.2) is 0 Å². The van der Waals surface area contributed by atoms with Crippen LogP contribution in [-0.2, 0) is 14.3 Å². The number of esters is 1. The summed E-state index contributed by atoms with van der Waals surface area (Å²) < 4.78 is 10.3. The number of hydrogen-bond donors (Lipinski definition) is 1. The normalized spacial score (nSPS) is 24.4. The standard InChI is InChI=1S/C14H25N3O4/c1-14(2,3)21-13(19)16-5-6-17(10-7-15-8-10)11(9-16)12(18)20-4/h10-11,15H,5-9H2,1-4H3. The van der Waals surface area contributed by atoms with Crippen LogP contribution in [0.2, 0.25) is 0 Å². The second kappa shape index (κ2) is 6.19. The highest BCUT2D eigenvalue weighted by molar-refractivity contribution is 5.78. The number of carbonyl (C=O) groups excluding carboxylic acids is 2. The van der Waals surface area contributed by atoms with E-state index in [4.69, 9.17) is 9.47 Å². The van der Waals surface area contributed by atoms with Gasteiger partial charge in [0.25, 0.3) is 0 Å². The predicted octanol–water partition coefficient (Wildman–Crippen LogP) is 0.0525. The number of rotatable bonds is 2. The number of piperazine rings is 1. The molecule has 2 saturated heterocycles. The molecule has 1 atom stereocenters. The number of ether oxygens (including phenoxy) is 2. The summed E-state index contributed by atoms with van der Waals surface area (Å²) in [7, 11) is 1.38. The first kappa shape index (κ1) is 16.0. The topological polar surface area (TPSA) is 71.1 Å². The van der Waals surface area contributed by atoms with Crippen LogP contribution in [0, 0.1) is 0 Å². The van der Waals surface area contributed by atoms with Gasteiger partial charge >= 0.3 is 12.1 Å². The van der Waals surface area contributed by atoms with Crippen LogP contribution >= 0.6 is 0 Å². The fourth-order valence-corrected chi connectivity index (χ4v) is 2.58. The molecule has 7 nitrogen and oxygen atoms in total. The summed E-state index contributed by atoms with van der Waals surface area (Å²) in [4.78, 5) is 27.9. The van der Waals surface area contributed by atoms with E-state index in [0.717, 1.165) is 13.1 Å². The van der Waals surface area contributed by atoms with Crippen molar-refractivity contribution < 1.29 is 19.1 Å². The second-order valence-electron chi connectivity index (χ2n) is 6.52. The van der Waals surface area contributed by atoms with Crippen molar-refractivity contribution >= 4 is 12.1 Å². The maximum Gasteiger partial charge on any atom is 0.410 e. The minimum Gasteiger partial charge on any atom is -0.468 e. The van der Waals surface area contributed by atoms with E-state index in [-0.39, 0.29) is 12.1 Å². The van der Waals surface area contributed by atoms with E-state index in [9.17, 15) is 9.59 Å². The minimum atomic E-state index is -0.535. The molecule has 120 valence electrons. The molecule has 0 aromatic carbocycles. The number of nitrogens with one attached hydrogen (secondary N) is 1. The van der Waals surface area contributed by atoms with Gasteiger partial charge in [0, 0.05) is 32.2 Å². The van der Waals surface area contributed by atoms with Gasteiger partial charge in [0.1, 0.15) is 11.6 Å². The largest absolute Gasteiger partial charge is 0.468 e. The van der Waals surface area contributed by atoms with Crippen LogP contribution in [0.5, 0.6) is 0 Å². The third-order valence-corrected chi connectivity index (χ3v) is 3.78. The van der Waals surface area contributed by atoms with Gasteiger partial charge < -0.3 is 19.7 Å². The molecule has 0 aromatic heterocycles. The average Bonchev–Trinajstić information content (AvgIpc) is 2.34. The molecule has 0 radical (unpaired) electrons. The first-order valence-electron chi connectivity index (χ1n) is 7.34. The summed E-state index contributed by atoms with van der Waals surface area (Å²) in [6, 6.07) is -0.0711. The molecule has 0 aliphatic carbocycles. The summed E-state index contributed by atoms with van der Waals surface area (Å²) in [5.74, 6) is -0.296. The van der Waals surface area contributed by atoms with Gasteiger partial charge in [-0.05, 0) is 20.8 Å². The molecular weight excluding hydrogens is 274 g/mol. The van der Waals surface area contributed by atoms with Crippen molar-refractivity contribution in [1.29, 1.82) is 0 Å². The van der Waals surface area contributed by atoms with E-state index < -0.39 is 11.6 Å². The van der Waals surface area contributed by atoms with Crippen molar-refractivity contribution in [2.24, 2.45) is 0 Å². The van der Waals surface area contributed by atoms with E-state index in [1.54, 1.807) is 4.90 Å². The zero-order valence-corrected chi connectivity index (χ0v) is 13.2. The Morgan fingerprint density at radius 3 is 2.33 bits per heavy atom. The van der Waals surface area contributed by atoms with Gasteiger partial charge in [0.15, 0.2) is 0 Å². The lowest BCUT2D eigenvalue weighted by molar-refractivity contribution is -0.151. The van der Waals surface area contributed by atoms with Crippen molar-refractivity contribution in [2.75, 3.05) is 39.8 Å². The van der Waals surface area contributed by atoms with Gasteiger partial charge in [-0.25, -0.2) is 4.79 Å². The number of nitrogens with zero attached hydrogens (tertiary/aromatic N) is 2. The third kappa shape index (κ3) is 3.85. The minimum absolute atomic E-state index is 0.296. The van der Waals surface area contributed by atoms with Crippen LogP contribution in [0.1, 0.15) is 20.8 Å². The molecule has 0 spiro atoms. The molecule has 1 unspecified atom stereocenters. The molecular formula is C14H25N3O4. The number of carbonyl (C=O) groups is 2. The lowest BCUT2D eigenvalue weighted by Crippen LogP contribution is -2.67. The molecule has 2 heterocycles. The lowest BCUT2D eigenvalue weighted by atomic mass is 10.0. The van der Waals surface area contributed by atoms with Gasteiger partial charge in [-0.3, -0.25) is 9.69 Å². The molecule has 1 N–H and O–H groups in total. The van der Waals surface area contributed by atoms with E-state index in [2.05, 4.69) is 10.2 Å². The monoisotopic (exact) mass is 299 g/mol. The van der Waals surface area contributed by atoms with Gasteiger partial charge in [-0.15, -0.1) is 0 Å². The van der Waals surface area contributed by atoms with Crippen LogP contribution in [0.3, 0.4) is 0 Å². The predicted molar refractivity (Wildman–Crippen MR) is 77.0 cm³/mol. The summed E-state index contributed by atoms with van der Waals surface area (Å²) in [6.45, 7) is 8.79. The molecule has 2 rings (SSSR count). The van der Waals surface area contributed by atoms with Gasteiger partial charge in [0.2, 0.25) is 0 Å². The molecule has 2 aliphatic heterocycles. The van der Waals surface area contributed by atoms with Crippen molar-refractivity contribution in [1.82, 2.24) is 15.1 Å². The van der Waals surface area contributed by atoms with Gasteiger partial charge in [-0.1, -0.05) is 0 Å². The van der Waals surface area contributed by atoms with E-state index >= 15 is 0 Å². The smallest absolute Gasteiger partial charge is 0.410 e. The van der Waals surface area contributed by atoms with Crippen molar-refractivity contribution in [3.8, 4) is 0 Å². The Morgan fingerprint density at radius 2 is 1.86 bits per heavy atom. The van der Waals surface area contributed by atoms with Gasteiger partial charge in [0.05, 0.1) is 13.7 Å². The SMILES string of the molecule is COC(=O)C1CN(C(=O)OC(C)(C)C)CCN1C1CNC1. The Morgan fingerprint density at radius 1 is 1.19 bits per heavy atom. The first-order valence-corrected chi connectivity index (χ1v) is 7.34. The highest BCUT2D eigenvalue weighted by Crippen LogP contribution is 2.19. The third-order valence-electron chi connectivity index (χ3n) is 3.78. The maximum absolute atomic E-state index is 12.2. The summed E-state index contributed by atoms with van der Waals surface area (Å²) in [5.41, 5.74) is -0.535. The van der Waals surface area contributed by atoms with Crippen LogP contribution in [-0.4, -0.2) is 79.4 Å². The van der Waals surface area contributed by atoms with Crippen molar-refractivity contribution in [3.63, 3.8) is 0 Å². The molecule has 7 heteroatoms. The Bertz CT molecular complexity index is 404. The zero-order valence-electron chi connectivity index (χ0n) is 13.2. The Kier molecular flexibility index (Phi) is 4.73. The summed E-state index contributed by atoms with van der Waals surface area (Å²) in [6.07, 6.45) is -0.372. The maximum atomic E-state index is 12.2. The zero-order chi connectivity index (χ0) is 15.6. The Labute approximate surface area is 125 Å². The molecule has 0 saturated carbocycles. The number of methoxy groups -OCH3 is 1. The highest BCUT2D eigenvalue weighted by Gasteiger charge is 2.41. The van der Waals surface area contributed by atoms with Crippen molar-refractivity contribution in [3.05, 3.63) is 0 Å². The molecule has 21 heavy (non-hydrogen) atoms. The Balaban J connectivity index is 2.02. The average molecular weight is 299 g/mol. The molecule has 2 aliphatic rings. The van der Waals surface area contributed by atoms with E-state index in [1.165, 1.54) is 7.11 Å². The lowest BCUT2D eigenvalue weighted by Gasteiger charge is -2.46.